The largest absolute Gasteiger partial charge is 0.306 e. The third kappa shape index (κ3) is 3.50. The Morgan fingerprint density at radius 3 is 1.93 bits per heavy atom. The van der Waals surface area contributed by atoms with Crippen molar-refractivity contribution < 1.29 is 0 Å². The molecule has 0 saturated heterocycles. The Morgan fingerprint density at radius 1 is 0.500 bits per heavy atom. The highest BCUT2D eigenvalue weighted by atomic mass is 15.2. The number of nitriles is 1. The number of aromatic nitrogens is 5. The van der Waals surface area contributed by atoms with Crippen LogP contribution in [0.2, 0.25) is 0 Å². The zero-order valence-corrected chi connectivity index (χ0v) is 23.4. The Labute approximate surface area is 251 Å². The molecule has 0 aliphatic carbocycles. The van der Waals surface area contributed by atoms with Gasteiger partial charge in [-0.15, -0.1) is 0 Å². The molecule has 0 spiro atoms. The van der Waals surface area contributed by atoms with Gasteiger partial charge >= 0.3 is 0 Å². The molecular weight excluding hydrogens is 540 g/mol. The van der Waals surface area contributed by atoms with Crippen molar-refractivity contribution in [2.75, 3.05) is 0 Å². The fourth-order valence-corrected chi connectivity index (χ4v) is 6.44. The number of rotatable bonds is 3. The highest BCUT2D eigenvalue weighted by molar-refractivity contribution is 6.23. The molecule has 0 aliphatic rings. The van der Waals surface area contributed by atoms with Crippen LogP contribution in [0.1, 0.15) is 5.56 Å². The van der Waals surface area contributed by atoms with Crippen LogP contribution < -0.4 is 0 Å². The second-order valence-electron chi connectivity index (χ2n) is 10.9. The molecule has 6 aromatic carbocycles. The molecule has 3 heterocycles. The predicted molar refractivity (Wildman–Crippen MR) is 176 cm³/mol. The van der Waals surface area contributed by atoms with Gasteiger partial charge in [-0.25, -0.2) is 4.98 Å². The van der Waals surface area contributed by atoms with Gasteiger partial charge in [0.2, 0.25) is 5.95 Å². The summed E-state index contributed by atoms with van der Waals surface area (Å²) in [4.78, 5) is 15.2. The maximum absolute atomic E-state index is 9.38. The van der Waals surface area contributed by atoms with E-state index in [-0.39, 0.29) is 0 Å². The normalized spacial score (nSPS) is 11.6. The average Bonchev–Trinajstić information content (AvgIpc) is 3.36. The lowest BCUT2D eigenvalue weighted by molar-refractivity contribution is 0.950. The maximum Gasteiger partial charge on any atom is 0.238 e. The highest BCUT2D eigenvalue weighted by Gasteiger charge is 2.20. The lowest BCUT2D eigenvalue weighted by atomic mass is 10.0. The van der Waals surface area contributed by atoms with Gasteiger partial charge in [0.05, 0.1) is 39.2 Å². The summed E-state index contributed by atoms with van der Waals surface area (Å²) in [5, 5.41) is 14.1. The van der Waals surface area contributed by atoms with Gasteiger partial charge in [0.25, 0.3) is 0 Å². The second kappa shape index (κ2) is 9.35. The van der Waals surface area contributed by atoms with Crippen molar-refractivity contribution in [3.05, 3.63) is 139 Å². The minimum atomic E-state index is 0.519. The number of nitrogens with zero attached hydrogens (tertiary/aromatic N) is 6. The minimum Gasteiger partial charge on any atom is -0.306 e. The van der Waals surface area contributed by atoms with E-state index >= 15 is 0 Å². The van der Waals surface area contributed by atoms with Crippen LogP contribution in [0, 0.1) is 11.3 Å². The van der Waals surface area contributed by atoms with E-state index in [2.05, 4.69) is 93.9 Å². The molecule has 0 radical (unpaired) electrons. The number of hydrogen-bond acceptors (Lipinski definition) is 4. The number of para-hydroxylation sites is 3. The van der Waals surface area contributed by atoms with Crippen molar-refractivity contribution in [3.8, 4) is 34.8 Å². The van der Waals surface area contributed by atoms with E-state index in [0.29, 0.717) is 23.2 Å². The monoisotopic (exact) mass is 562 g/mol. The number of fused-ring (bicyclic) bond motifs is 5. The van der Waals surface area contributed by atoms with E-state index in [4.69, 9.17) is 15.0 Å². The molecule has 9 rings (SSSR count). The van der Waals surface area contributed by atoms with Crippen molar-refractivity contribution in [1.29, 1.82) is 5.26 Å². The molecule has 204 valence electrons. The average molecular weight is 563 g/mol. The molecule has 0 atom stereocenters. The quantitative estimate of drug-likeness (QED) is 0.216. The SMILES string of the molecule is N#Cc1ccc(-c2nc(-c3ccccc3)nc(-n3c4cccc5ccc6c7ccccc7n(c7ccccc73)c6c54)n2)cc1. The first-order valence-corrected chi connectivity index (χ1v) is 14.4. The van der Waals surface area contributed by atoms with Crippen molar-refractivity contribution in [1.82, 2.24) is 23.9 Å². The Morgan fingerprint density at radius 2 is 1.16 bits per heavy atom. The van der Waals surface area contributed by atoms with Crippen LogP contribution in [-0.4, -0.2) is 23.9 Å². The Kier molecular flexibility index (Phi) is 5.16. The molecule has 0 N–H and O–H groups in total. The summed E-state index contributed by atoms with van der Waals surface area (Å²) in [5.74, 6) is 1.63. The predicted octanol–water partition coefficient (Wildman–Crippen LogP) is 8.73. The molecule has 0 saturated carbocycles. The van der Waals surface area contributed by atoms with E-state index in [0.717, 1.165) is 44.0 Å². The lowest BCUT2D eigenvalue weighted by Gasteiger charge is -2.13. The summed E-state index contributed by atoms with van der Waals surface area (Å²) >= 11 is 0. The zero-order valence-electron chi connectivity index (χ0n) is 23.4. The van der Waals surface area contributed by atoms with Crippen LogP contribution in [0.3, 0.4) is 0 Å². The van der Waals surface area contributed by atoms with Crippen molar-refractivity contribution in [3.63, 3.8) is 0 Å². The second-order valence-corrected chi connectivity index (χ2v) is 10.9. The summed E-state index contributed by atoms with van der Waals surface area (Å²) in [6, 6.07) is 47.4. The van der Waals surface area contributed by atoms with Crippen LogP contribution in [0.15, 0.2) is 133 Å². The summed E-state index contributed by atoms with van der Waals surface area (Å²) in [6.07, 6.45) is 0. The highest BCUT2D eigenvalue weighted by Crippen LogP contribution is 2.39. The van der Waals surface area contributed by atoms with Gasteiger partial charge in [-0.3, -0.25) is 4.57 Å². The Bertz CT molecular complexity index is 2590. The van der Waals surface area contributed by atoms with E-state index in [1.54, 1.807) is 12.1 Å². The Hall–Kier alpha value is -6.32. The van der Waals surface area contributed by atoms with Crippen LogP contribution >= 0.6 is 0 Å². The standard InChI is InChI=1S/C38H22N6/c39-23-24-17-19-27(20-18-24)37-40-36(26-9-2-1-3-10-26)41-38(42-37)44-32-15-7-6-14-31(32)43-30-13-5-4-12-28(30)29-22-21-25-11-8-16-33(44)34(25)35(29)43/h1-22H. The van der Waals surface area contributed by atoms with Crippen molar-refractivity contribution >= 4 is 49.1 Å². The first kappa shape index (κ1) is 24.3. The van der Waals surface area contributed by atoms with Gasteiger partial charge in [-0.1, -0.05) is 84.9 Å². The van der Waals surface area contributed by atoms with Crippen LogP contribution in [0.4, 0.5) is 0 Å². The lowest BCUT2D eigenvalue weighted by Crippen LogP contribution is -2.07. The van der Waals surface area contributed by atoms with E-state index in [9.17, 15) is 5.26 Å². The smallest absolute Gasteiger partial charge is 0.238 e. The van der Waals surface area contributed by atoms with E-state index in [1.165, 1.54) is 16.3 Å². The molecule has 44 heavy (non-hydrogen) atoms. The zero-order chi connectivity index (χ0) is 29.2. The molecular formula is C38H22N6. The first-order chi connectivity index (χ1) is 21.8. The van der Waals surface area contributed by atoms with Gasteiger partial charge in [0.15, 0.2) is 11.6 Å². The van der Waals surface area contributed by atoms with Gasteiger partial charge in [0.1, 0.15) is 0 Å². The van der Waals surface area contributed by atoms with Crippen LogP contribution in [0.5, 0.6) is 0 Å². The molecule has 0 amide bonds. The molecule has 0 unspecified atom stereocenters. The fourth-order valence-electron chi connectivity index (χ4n) is 6.44. The number of benzene rings is 6. The van der Waals surface area contributed by atoms with Gasteiger partial charge in [-0.05, 0) is 53.9 Å². The fraction of sp³-hybridized carbons (Fsp3) is 0. The molecule has 0 bridgehead atoms. The summed E-state index contributed by atoms with van der Waals surface area (Å²) in [7, 11) is 0. The van der Waals surface area contributed by atoms with E-state index < -0.39 is 0 Å². The third-order valence-corrected chi connectivity index (χ3v) is 8.39. The third-order valence-electron chi connectivity index (χ3n) is 8.39. The molecule has 9 aromatic rings. The Balaban J connectivity index is 1.49. The summed E-state index contributed by atoms with van der Waals surface area (Å²) in [5.41, 5.74) is 7.62. The summed E-state index contributed by atoms with van der Waals surface area (Å²) in [6.45, 7) is 0. The van der Waals surface area contributed by atoms with E-state index in [1.807, 2.05) is 42.5 Å². The van der Waals surface area contributed by atoms with Crippen LogP contribution in [0.25, 0.3) is 77.9 Å². The van der Waals surface area contributed by atoms with Crippen LogP contribution in [-0.2, 0) is 0 Å². The summed E-state index contributed by atoms with van der Waals surface area (Å²) < 4.78 is 4.55. The molecule has 0 fully saturated rings. The van der Waals surface area contributed by atoms with Gasteiger partial charge < -0.3 is 4.40 Å². The first-order valence-electron chi connectivity index (χ1n) is 14.4. The molecule has 6 heteroatoms. The van der Waals surface area contributed by atoms with Crippen molar-refractivity contribution in [2.24, 2.45) is 0 Å². The molecule has 0 aliphatic heterocycles. The van der Waals surface area contributed by atoms with Gasteiger partial charge in [0, 0.05) is 27.3 Å². The maximum atomic E-state index is 9.38. The molecule has 3 aromatic heterocycles. The molecule has 6 nitrogen and oxygen atoms in total. The number of hydrogen-bond donors (Lipinski definition) is 0. The van der Waals surface area contributed by atoms with Gasteiger partial charge in [-0.2, -0.15) is 15.2 Å². The topological polar surface area (TPSA) is 71.8 Å². The minimum absolute atomic E-state index is 0.519. The van der Waals surface area contributed by atoms with Crippen molar-refractivity contribution in [2.45, 2.75) is 0 Å².